The van der Waals surface area contributed by atoms with Crippen LogP contribution in [0.5, 0.6) is 0 Å². The van der Waals surface area contributed by atoms with E-state index in [9.17, 15) is 27.6 Å². The molecule has 192 valence electrons. The molecule has 2 heterocycles. The van der Waals surface area contributed by atoms with Crippen LogP contribution in [0.3, 0.4) is 0 Å². The van der Waals surface area contributed by atoms with Crippen LogP contribution in [0.2, 0.25) is 0 Å². The first-order chi connectivity index (χ1) is 16.6. The van der Waals surface area contributed by atoms with Crippen LogP contribution in [0.25, 0.3) is 0 Å². The van der Waals surface area contributed by atoms with Gasteiger partial charge in [0.15, 0.2) is 6.73 Å². The number of fused-ring (bicyclic) bond motifs is 2. The van der Waals surface area contributed by atoms with Gasteiger partial charge in [-0.2, -0.15) is 13.5 Å². The zero-order valence-electron chi connectivity index (χ0n) is 19.8. The maximum absolute atomic E-state index is 13.1. The molecular formula is C22H29N3O9S. The van der Waals surface area contributed by atoms with Crippen LogP contribution < -0.4 is 5.32 Å². The van der Waals surface area contributed by atoms with Crippen molar-refractivity contribution in [1.29, 1.82) is 0 Å². The van der Waals surface area contributed by atoms with Crippen molar-refractivity contribution in [3.63, 3.8) is 0 Å². The molecule has 12 nitrogen and oxygen atoms in total. The fourth-order valence-corrected chi connectivity index (χ4v) is 5.14. The number of piperidine rings is 1. The Balaban J connectivity index is 1.71. The molecule has 3 amide bonds. The number of hydroxylamine groups is 2. The Morgan fingerprint density at radius 3 is 2.57 bits per heavy atom. The maximum Gasteiger partial charge on any atom is 0.346 e. The highest BCUT2D eigenvalue weighted by atomic mass is 32.2. The Kier molecular flexibility index (Phi) is 8.33. The van der Waals surface area contributed by atoms with Crippen LogP contribution in [0.1, 0.15) is 55.5 Å². The standard InChI is InChI=1S/C22H29N3O9S/c1-4-11-32-21(28)16-7-6-8-18(14(16)3)35(30,31)34-25-15-9-10-17(24(12-15)22(25)29)20(27)23-13-33-19(26)5-2/h6-8,15,17H,4-5,9-13H2,1-3H3,(H,23,27)/t15-,17+/m1/s1. The van der Waals surface area contributed by atoms with Gasteiger partial charge in [0.2, 0.25) is 5.91 Å². The van der Waals surface area contributed by atoms with Crippen LogP contribution in [0.15, 0.2) is 23.1 Å². The van der Waals surface area contributed by atoms with Crippen molar-refractivity contribution in [2.75, 3.05) is 19.9 Å². The van der Waals surface area contributed by atoms with E-state index >= 15 is 0 Å². The highest BCUT2D eigenvalue weighted by Crippen LogP contribution is 2.32. The Labute approximate surface area is 203 Å². The first-order valence-corrected chi connectivity index (χ1v) is 12.8. The Hall–Kier alpha value is -3.19. The second-order valence-electron chi connectivity index (χ2n) is 8.16. The fraction of sp³-hybridized carbons (Fsp3) is 0.545. The lowest BCUT2D eigenvalue weighted by Gasteiger charge is -2.29. The molecule has 0 aromatic heterocycles. The van der Waals surface area contributed by atoms with Gasteiger partial charge < -0.3 is 19.7 Å². The second-order valence-corrected chi connectivity index (χ2v) is 9.65. The van der Waals surface area contributed by atoms with E-state index < -0.39 is 46.1 Å². The number of hydrogen-bond acceptors (Lipinski definition) is 9. The summed E-state index contributed by atoms with van der Waals surface area (Å²) >= 11 is 0. The highest BCUT2D eigenvalue weighted by Gasteiger charge is 2.49. The van der Waals surface area contributed by atoms with Gasteiger partial charge in [-0.15, -0.1) is 4.28 Å². The first kappa shape index (κ1) is 26.4. The van der Waals surface area contributed by atoms with Gasteiger partial charge in [0.05, 0.1) is 23.1 Å². The minimum absolute atomic E-state index is 0.0823. The number of hydrogen-bond donors (Lipinski definition) is 1. The smallest absolute Gasteiger partial charge is 0.346 e. The number of urea groups is 1. The van der Waals surface area contributed by atoms with E-state index in [0.717, 1.165) is 5.06 Å². The quantitative estimate of drug-likeness (QED) is 0.364. The third-order valence-corrected chi connectivity index (χ3v) is 7.12. The Morgan fingerprint density at radius 2 is 1.89 bits per heavy atom. The summed E-state index contributed by atoms with van der Waals surface area (Å²) in [6.45, 7) is 4.89. The predicted octanol–water partition coefficient (Wildman–Crippen LogP) is 1.48. The lowest BCUT2D eigenvalue weighted by molar-refractivity contribution is -0.145. The van der Waals surface area contributed by atoms with Gasteiger partial charge in [-0.25, -0.2) is 9.59 Å². The van der Waals surface area contributed by atoms with Crippen molar-refractivity contribution >= 4 is 34.0 Å². The third kappa shape index (κ3) is 5.73. The average Bonchev–Trinajstić information content (AvgIpc) is 3.06. The zero-order valence-corrected chi connectivity index (χ0v) is 20.6. The number of carbonyl (C=O) groups excluding carboxylic acids is 4. The molecule has 2 atom stereocenters. The lowest BCUT2D eigenvalue weighted by Crippen LogP contribution is -2.50. The second kappa shape index (κ2) is 11.0. The minimum atomic E-state index is -4.47. The number of nitrogens with one attached hydrogen (secondary N) is 1. The van der Waals surface area contributed by atoms with Crippen molar-refractivity contribution in [2.24, 2.45) is 0 Å². The summed E-state index contributed by atoms with van der Waals surface area (Å²) in [5.41, 5.74) is 0.223. The molecule has 13 heteroatoms. The molecule has 0 aliphatic carbocycles. The van der Waals surface area contributed by atoms with E-state index in [1.165, 1.54) is 30.0 Å². The van der Waals surface area contributed by atoms with Crippen LogP contribution >= 0.6 is 0 Å². The Bertz CT molecular complexity index is 1110. The third-order valence-electron chi connectivity index (χ3n) is 5.78. The average molecular weight is 512 g/mol. The predicted molar refractivity (Wildman–Crippen MR) is 120 cm³/mol. The summed E-state index contributed by atoms with van der Waals surface area (Å²) in [7, 11) is -4.47. The van der Waals surface area contributed by atoms with Gasteiger partial charge in [-0.1, -0.05) is 19.9 Å². The molecule has 2 aliphatic heterocycles. The molecule has 2 fully saturated rings. The van der Waals surface area contributed by atoms with Gasteiger partial charge in [0.25, 0.3) is 0 Å². The van der Waals surface area contributed by atoms with Gasteiger partial charge in [0.1, 0.15) is 6.04 Å². The van der Waals surface area contributed by atoms with E-state index in [0.29, 0.717) is 12.8 Å². The molecule has 1 aromatic carbocycles. The summed E-state index contributed by atoms with van der Waals surface area (Å²) in [5.74, 6) is -1.65. The number of amides is 3. The molecule has 0 saturated carbocycles. The van der Waals surface area contributed by atoms with Crippen LogP contribution in [-0.4, -0.2) is 74.2 Å². The molecule has 2 saturated heterocycles. The van der Waals surface area contributed by atoms with Gasteiger partial charge in [-0.05, 0) is 43.9 Å². The van der Waals surface area contributed by atoms with Crippen molar-refractivity contribution in [3.05, 3.63) is 29.3 Å². The van der Waals surface area contributed by atoms with E-state index in [2.05, 4.69) is 5.32 Å². The molecule has 3 rings (SSSR count). The van der Waals surface area contributed by atoms with Gasteiger partial charge in [-0.3, -0.25) is 9.59 Å². The summed E-state index contributed by atoms with van der Waals surface area (Å²) in [5, 5.41) is 3.22. The monoisotopic (exact) mass is 511 g/mol. The maximum atomic E-state index is 13.1. The molecule has 1 N–H and O–H groups in total. The van der Waals surface area contributed by atoms with E-state index in [-0.39, 0.29) is 48.7 Å². The molecule has 2 aliphatic rings. The molecule has 0 spiro atoms. The van der Waals surface area contributed by atoms with Crippen molar-refractivity contribution in [3.8, 4) is 0 Å². The largest absolute Gasteiger partial charge is 0.462 e. The van der Waals surface area contributed by atoms with E-state index in [1.807, 2.05) is 6.92 Å². The molecule has 1 aromatic rings. The normalized spacial score (nSPS) is 19.5. The minimum Gasteiger partial charge on any atom is -0.462 e. The number of carbonyl (C=O) groups is 4. The van der Waals surface area contributed by atoms with E-state index in [1.54, 1.807) is 6.92 Å². The summed E-state index contributed by atoms with van der Waals surface area (Å²) in [4.78, 5) is 49.9. The molecule has 0 radical (unpaired) electrons. The molecule has 2 bridgehead atoms. The summed E-state index contributed by atoms with van der Waals surface area (Å²) in [6.07, 6.45) is 1.38. The zero-order chi connectivity index (χ0) is 25.8. The van der Waals surface area contributed by atoms with Crippen molar-refractivity contribution in [1.82, 2.24) is 15.3 Å². The molecular weight excluding hydrogens is 482 g/mol. The van der Waals surface area contributed by atoms with Crippen molar-refractivity contribution < 1.29 is 41.4 Å². The highest BCUT2D eigenvalue weighted by molar-refractivity contribution is 7.86. The number of benzene rings is 1. The number of rotatable bonds is 10. The number of esters is 2. The van der Waals surface area contributed by atoms with Crippen LogP contribution in [0.4, 0.5) is 4.79 Å². The number of ether oxygens (including phenoxy) is 2. The number of nitrogens with zero attached hydrogens (tertiary/aromatic N) is 2. The topological polar surface area (TPSA) is 149 Å². The lowest BCUT2D eigenvalue weighted by atomic mass is 10.0. The molecule has 35 heavy (non-hydrogen) atoms. The van der Waals surface area contributed by atoms with Crippen molar-refractivity contribution in [2.45, 2.75) is 63.4 Å². The summed E-state index contributed by atoms with van der Waals surface area (Å²) < 4.78 is 41.3. The van der Waals surface area contributed by atoms with Gasteiger partial charge >= 0.3 is 28.1 Å². The van der Waals surface area contributed by atoms with Crippen LogP contribution in [0, 0.1) is 6.92 Å². The van der Waals surface area contributed by atoms with Crippen LogP contribution in [-0.2, 0) is 33.5 Å². The van der Waals surface area contributed by atoms with Gasteiger partial charge in [0, 0.05) is 13.0 Å². The SMILES string of the molecule is CCCOC(=O)c1cccc(S(=O)(=O)ON2C(=O)N3C[C@H]2CC[C@H]3C(=O)NCOC(=O)CC)c1C. The Morgan fingerprint density at radius 1 is 1.14 bits per heavy atom. The first-order valence-electron chi connectivity index (χ1n) is 11.3. The summed E-state index contributed by atoms with van der Waals surface area (Å²) in [6, 6.07) is 1.93. The molecule has 0 unspecified atom stereocenters. The van der Waals surface area contributed by atoms with E-state index in [4.69, 9.17) is 13.8 Å². The fourth-order valence-electron chi connectivity index (χ4n) is 3.94.